The van der Waals surface area contributed by atoms with Crippen molar-refractivity contribution in [3.63, 3.8) is 0 Å². The van der Waals surface area contributed by atoms with E-state index < -0.39 is 5.97 Å². The molecule has 3 rings (SSSR count). The molecule has 0 aliphatic rings. The van der Waals surface area contributed by atoms with Gasteiger partial charge in [-0.1, -0.05) is 41.9 Å². The molecule has 0 aliphatic heterocycles. The van der Waals surface area contributed by atoms with Gasteiger partial charge >= 0.3 is 5.97 Å². The van der Waals surface area contributed by atoms with E-state index in [9.17, 15) is 4.79 Å². The van der Waals surface area contributed by atoms with E-state index >= 15 is 0 Å². The van der Waals surface area contributed by atoms with E-state index in [-0.39, 0.29) is 6.61 Å². The van der Waals surface area contributed by atoms with Gasteiger partial charge in [0.2, 0.25) is 5.88 Å². The van der Waals surface area contributed by atoms with Crippen molar-refractivity contribution in [1.82, 2.24) is 13.0 Å². The number of aromatic nitrogens is 3. The summed E-state index contributed by atoms with van der Waals surface area (Å²) >= 11 is 8.10. The summed E-state index contributed by atoms with van der Waals surface area (Å²) in [4.78, 5) is 15.4. The highest BCUT2D eigenvalue weighted by Gasteiger charge is 2.18. The molecule has 0 amide bonds. The largest absolute Gasteiger partial charge is 0.471 e. The molecule has 2 aromatic heterocycles. The number of nitrogens with zero attached hydrogens (tertiary/aromatic N) is 3. The normalized spacial score (nSPS) is 10.8. The van der Waals surface area contributed by atoms with Gasteiger partial charge in [-0.05, 0) is 5.56 Å². The van der Waals surface area contributed by atoms with Crippen LogP contribution in [0.4, 0.5) is 0 Å². The maximum Gasteiger partial charge on any atom is 0.303 e. The van der Waals surface area contributed by atoms with E-state index in [1.807, 2.05) is 53.2 Å². The first-order valence-electron chi connectivity index (χ1n) is 7.09. The van der Waals surface area contributed by atoms with Crippen molar-refractivity contribution in [3.05, 3.63) is 52.8 Å². The highest BCUT2D eigenvalue weighted by Crippen LogP contribution is 2.31. The van der Waals surface area contributed by atoms with Crippen LogP contribution in [0.1, 0.15) is 18.2 Å². The number of hydrogen-bond donors (Lipinski definition) is 0. The SMILES string of the molecule is CC(=O)OCc1nc(Cl)cc2c1c(OCc1ccccc1)nn2I. The van der Waals surface area contributed by atoms with Gasteiger partial charge in [-0.25, -0.2) is 4.98 Å². The molecule has 8 heteroatoms. The zero-order valence-corrected chi connectivity index (χ0v) is 15.6. The summed E-state index contributed by atoms with van der Waals surface area (Å²) in [5.74, 6) is 0.0353. The Labute approximate surface area is 157 Å². The summed E-state index contributed by atoms with van der Waals surface area (Å²) in [7, 11) is 0. The quantitative estimate of drug-likeness (QED) is 0.330. The van der Waals surface area contributed by atoms with Gasteiger partial charge in [-0.2, -0.15) is 2.90 Å². The second kappa shape index (κ2) is 7.35. The number of ether oxygens (including phenoxy) is 2. The average Bonchev–Trinajstić information content (AvgIpc) is 2.88. The Bertz CT molecular complexity index is 883. The smallest absolute Gasteiger partial charge is 0.303 e. The third-order valence-electron chi connectivity index (χ3n) is 3.26. The van der Waals surface area contributed by atoms with Crippen LogP contribution in [-0.4, -0.2) is 18.9 Å². The second-order valence-electron chi connectivity index (χ2n) is 5.01. The predicted molar refractivity (Wildman–Crippen MR) is 98.2 cm³/mol. The van der Waals surface area contributed by atoms with Crippen molar-refractivity contribution in [3.8, 4) is 5.88 Å². The van der Waals surface area contributed by atoms with Gasteiger partial charge in [0.25, 0.3) is 0 Å². The van der Waals surface area contributed by atoms with Gasteiger partial charge < -0.3 is 9.47 Å². The summed E-state index contributed by atoms with van der Waals surface area (Å²) in [6.07, 6.45) is 0. The van der Waals surface area contributed by atoms with Crippen LogP contribution in [0.2, 0.25) is 5.15 Å². The number of esters is 1. The summed E-state index contributed by atoms with van der Waals surface area (Å²) in [5.41, 5.74) is 2.29. The fourth-order valence-electron chi connectivity index (χ4n) is 2.21. The lowest BCUT2D eigenvalue weighted by Crippen LogP contribution is -2.02. The Morgan fingerprint density at radius 1 is 1.29 bits per heavy atom. The Kier molecular flexibility index (Phi) is 5.20. The zero-order chi connectivity index (χ0) is 17.1. The van der Waals surface area contributed by atoms with Crippen LogP contribution >= 0.6 is 34.5 Å². The minimum absolute atomic E-state index is 0.0103. The Balaban J connectivity index is 1.96. The Morgan fingerprint density at radius 2 is 2.04 bits per heavy atom. The van der Waals surface area contributed by atoms with Crippen LogP contribution in [0, 0.1) is 0 Å². The molecule has 3 aromatic rings. The molecule has 6 nitrogen and oxygen atoms in total. The van der Waals surface area contributed by atoms with Crippen molar-refractivity contribution < 1.29 is 14.3 Å². The van der Waals surface area contributed by atoms with Crippen LogP contribution in [0.15, 0.2) is 36.4 Å². The molecule has 0 saturated heterocycles. The number of fused-ring (bicyclic) bond motifs is 1. The molecule has 0 saturated carbocycles. The predicted octanol–water partition coefficient (Wildman–Crippen LogP) is 3.92. The average molecular weight is 458 g/mol. The molecular formula is C16H13ClIN3O3. The highest BCUT2D eigenvalue weighted by atomic mass is 127. The first-order valence-corrected chi connectivity index (χ1v) is 8.43. The minimum Gasteiger partial charge on any atom is -0.471 e. The molecule has 124 valence electrons. The third-order valence-corrected chi connectivity index (χ3v) is 4.19. The van der Waals surface area contributed by atoms with Crippen molar-refractivity contribution in [2.45, 2.75) is 20.1 Å². The number of carbonyl (C=O) groups excluding carboxylic acids is 1. The number of carbonyl (C=O) groups is 1. The maximum absolute atomic E-state index is 11.1. The van der Waals surface area contributed by atoms with Gasteiger partial charge in [-0.3, -0.25) is 4.79 Å². The lowest BCUT2D eigenvalue weighted by atomic mass is 10.2. The van der Waals surface area contributed by atoms with E-state index in [1.165, 1.54) is 6.92 Å². The summed E-state index contributed by atoms with van der Waals surface area (Å²) in [6.45, 7) is 1.73. The number of rotatable bonds is 5. The topological polar surface area (TPSA) is 66.2 Å². The molecule has 0 atom stereocenters. The van der Waals surface area contributed by atoms with Gasteiger partial charge in [-0.15, -0.1) is 5.10 Å². The number of benzene rings is 1. The standard InChI is InChI=1S/C16H13ClIN3O3/c1-10(22)23-9-12-15-13(7-14(17)19-12)21(18)20-16(15)24-8-11-5-3-2-4-6-11/h2-7H,8-9H2,1H3. The van der Waals surface area contributed by atoms with Crippen LogP contribution in [0.5, 0.6) is 5.88 Å². The van der Waals surface area contributed by atoms with Crippen molar-refractivity contribution in [1.29, 1.82) is 0 Å². The second-order valence-corrected chi connectivity index (χ2v) is 6.31. The molecule has 0 spiro atoms. The van der Waals surface area contributed by atoms with Crippen LogP contribution in [-0.2, 0) is 22.7 Å². The van der Waals surface area contributed by atoms with E-state index in [1.54, 1.807) is 8.96 Å². The van der Waals surface area contributed by atoms with E-state index in [0.717, 1.165) is 11.1 Å². The number of pyridine rings is 1. The van der Waals surface area contributed by atoms with E-state index in [4.69, 9.17) is 21.1 Å². The van der Waals surface area contributed by atoms with Crippen LogP contribution in [0.3, 0.4) is 0 Å². The zero-order valence-electron chi connectivity index (χ0n) is 12.7. The molecule has 0 unspecified atom stereocenters. The number of hydrogen-bond acceptors (Lipinski definition) is 5. The molecular weight excluding hydrogens is 445 g/mol. The highest BCUT2D eigenvalue weighted by molar-refractivity contribution is 14.1. The minimum atomic E-state index is -0.390. The van der Waals surface area contributed by atoms with Crippen molar-refractivity contribution in [2.24, 2.45) is 0 Å². The first-order chi connectivity index (χ1) is 11.5. The molecule has 0 bridgehead atoms. The molecule has 0 N–H and O–H groups in total. The molecule has 0 aliphatic carbocycles. The maximum atomic E-state index is 11.1. The van der Waals surface area contributed by atoms with Crippen molar-refractivity contribution >= 4 is 51.3 Å². The van der Waals surface area contributed by atoms with Gasteiger partial charge in [0, 0.05) is 13.0 Å². The van der Waals surface area contributed by atoms with Gasteiger partial charge in [0.05, 0.1) is 39.5 Å². The fraction of sp³-hybridized carbons (Fsp3) is 0.188. The van der Waals surface area contributed by atoms with Crippen LogP contribution in [0.25, 0.3) is 10.9 Å². The van der Waals surface area contributed by atoms with Gasteiger partial charge in [0.15, 0.2) is 0 Å². The summed E-state index contributed by atoms with van der Waals surface area (Å²) in [5, 5.41) is 5.36. The van der Waals surface area contributed by atoms with Gasteiger partial charge in [0.1, 0.15) is 18.4 Å². The van der Waals surface area contributed by atoms with Crippen molar-refractivity contribution in [2.75, 3.05) is 0 Å². The summed E-state index contributed by atoms with van der Waals surface area (Å²) in [6, 6.07) is 11.5. The lowest BCUT2D eigenvalue weighted by Gasteiger charge is -2.07. The molecule has 2 heterocycles. The lowest BCUT2D eigenvalue weighted by molar-refractivity contribution is -0.142. The molecule has 0 radical (unpaired) electrons. The fourth-order valence-corrected chi connectivity index (χ4v) is 3.00. The molecule has 0 fully saturated rings. The van der Waals surface area contributed by atoms with E-state index in [0.29, 0.717) is 28.7 Å². The first kappa shape index (κ1) is 17.0. The third kappa shape index (κ3) is 3.78. The summed E-state index contributed by atoms with van der Waals surface area (Å²) < 4.78 is 12.6. The van der Waals surface area contributed by atoms with Crippen LogP contribution < -0.4 is 4.74 Å². The molecule has 1 aromatic carbocycles. The monoisotopic (exact) mass is 457 g/mol. The van der Waals surface area contributed by atoms with E-state index in [2.05, 4.69) is 10.1 Å². The Morgan fingerprint density at radius 3 is 2.75 bits per heavy atom. The Hall–Kier alpha value is -1.87. The number of halogens is 2. The molecule has 24 heavy (non-hydrogen) atoms.